The summed E-state index contributed by atoms with van der Waals surface area (Å²) >= 11 is 0. The van der Waals surface area contributed by atoms with E-state index in [0.717, 1.165) is 12.4 Å². The lowest BCUT2D eigenvalue weighted by molar-refractivity contribution is 0.429. The summed E-state index contributed by atoms with van der Waals surface area (Å²) < 4.78 is 2.02. The molecule has 1 N–H and O–H groups in total. The van der Waals surface area contributed by atoms with Crippen molar-refractivity contribution in [3.05, 3.63) is 76.6 Å². The van der Waals surface area contributed by atoms with E-state index in [0.29, 0.717) is 0 Å². The van der Waals surface area contributed by atoms with Crippen LogP contribution in [0.1, 0.15) is 46.3 Å². The van der Waals surface area contributed by atoms with Crippen molar-refractivity contribution in [1.82, 2.24) is 14.8 Å². The Morgan fingerprint density at radius 2 is 1.75 bits per heavy atom. The number of hydrogen-bond donors (Lipinski definition) is 1. The first kappa shape index (κ1) is 14.9. The van der Waals surface area contributed by atoms with Crippen LogP contribution in [-0.4, -0.2) is 14.8 Å². The molecule has 4 heteroatoms. The van der Waals surface area contributed by atoms with Gasteiger partial charge in [0.25, 0.3) is 0 Å². The zero-order valence-electron chi connectivity index (χ0n) is 14.3. The van der Waals surface area contributed by atoms with E-state index in [9.17, 15) is 0 Å². The molecule has 24 heavy (non-hydrogen) atoms. The van der Waals surface area contributed by atoms with E-state index in [-0.39, 0.29) is 12.1 Å². The third-order valence-corrected chi connectivity index (χ3v) is 4.89. The molecule has 0 saturated carbocycles. The molecule has 122 valence electrons. The lowest BCUT2D eigenvalue weighted by Crippen LogP contribution is -2.28. The highest BCUT2D eigenvalue weighted by Crippen LogP contribution is 2.38. The van der Waals surface area contributed by atoms with Crippen molar-refractivity contribution in [2.24, 2.45) is 0 Å². The Balaban J connectivity index is 1.75. The highest BCUT2D eigenvalue weighted by Gasteiger charge is 2.30. The second kappa shape index (κ2) is 5.78. The molecule has 0 fully saturated rings. The first-order valence-electron chi connectivity index (χ1n) is 8.41. The third kappa shape index (κ3) is 2.58. The zero-order valence-corrected chi connectivity index (χ0v) is 14.3. The largest absolute Gasteiger partial charge is 0.348 e. The van der Waals surface area contributed by atoms with Crippen molar-refractivity contribution in [3.8, 4) is 0 Å². The minimum absolute atomic E-state index is 0.204. The number of hydrogen-bond acceptors (Lipinski definition) is 3. The molecule has 0 aliphatic carbocycles. The van der Waals surface area contributed by atoms with Crippen LogP contribution in [0.4, 0.5) is 5.95 Å². The molecule has 2 atom stereocenters. The predicted molar refractivity (Wildman–Crippen MR) is 96.2 cm³/mol. The molecule has 0 amide bonds. The van der Waals surface area contributed by atoms with Gasteiger partial charge in [0.2, 0.25) is 5.95 Å². The van der Waals surface area contributed by atoms with Gasteiger partial charge in [-0.1, -0.05) is 53.6 Å². The van der Waals surface area contributed by atoms with Gasteiger partial charge in [0.1, 0.15) is 6.33 Å². The fourth-order valence-electron chi connectivity index (χ4n) is 3.60. The molecule has 4 rings (SSSR count). The van der Waals surface area contributed by atoms with E-state index in [1.165, 1.54) is 27.8 Å². The topological polar surface area (TPSA) is 42.7 Å². The Kier molecular flexibility index (Phi) is 3.60. The first-order valence-corrected chi connectivity index (χ1v) is 8.41. The van der Waals surface area contributed by atoms with Gasteiger partial charge in [0.15, 0.2) is 0 Å². The summed E-state index contributed by atoms with van der Waals surface area (Å²) in [6.45, 7) is 6.43. The van der Waals surface area contributed by atoms with Gasteiger partial charge in [-0.15, -0.1) is 0 Å². The summed E-state index contributed by atoms with van der Waals surface area (Å²) in [5, 5.41) is 8.00. The fraction of sp³-hybridized carbons (Fsp3) is 0.300. The average Bonchev–Trinajstić information content (AvgIpc) is 3.03. The van der Waals surface area contributed by atoms with Gasteiger partial charge in [0.05, 0.1) is 12.1 Å². The maximum absolute atomic E-state index is 4.46. The van der Waals surface area contributed by atoms with Crippen molar-refractivity contribution in [2.75, 3.05) is 5.32 Å². The summed E-state index contributed by atoms with van der Waals surface area (Å²) in [5.74, 6) is 0.844. The van der Waals surface area contributed by atoms with Crippen molar-refractivity contribution < 1.29 is 0 Å². The summed E-state index contributed by atoms with van der Waals surface area (Å²) in [6.07, 6.45) is 2.60. The van der Waals surface area contributed by atoms with Crippen LogP contribution < -0.4 is 5.32 Å². The van der Waals surface area contributed by atoms with Gasteiger partial charge >= 0.3 is 0 Å². The predicted octanol–water partition coefficient (Wildman–Crippen LogP) is 4.35. The van der Waals surface area contributed by atoms with E-state index in [2.05, 4.69) is 78.6 Å². The zero-order chi connectivity index (χ0) is 16.7. The normalized spacial score (nSPS) is 19.6. The first-order chi connectivity index (χ1) is 11.6. The van der Waals surface area contributed by atoms with E-state index in [4.69, 9.17) is 0 Å². The number of nitrogens with one attached hydrogen (secondary N) is 1. The van der Waals surface area contributed by atoms with Gasteiger partial charge in [-0.2, -0.15) is 10.1 Å². The van der Waals surface area contributed by atoms with Crippen molar-refractivity contribution in [3.63, 3.8) is 0 Å². The summed E-state index contributed by atoms with van der Waals surface area (Å²) in [4.78, 5) is 4.41. The smallest absolute Gasteiger partial charge is 0.222 e. The van der Waals surface area contributed by atoms with E-state index in [1.54, 1.807) is 6.33 Å². The second-order valence-corrected chi connectivity index (χ2v) is 6.75. The van der Waals surface area contributed by atoms with E-state index in [1.807, 2.05) is 4.68 Å². The summed E-state index contributed by atoms with van der Waals surface area (Å²) in [5.41, 5.74) is 6.50. The molecule has 3 aromatic rings. The van der Waals surface area contributed by atoms with E-state index >= 15 is 0 Å². The molecule has 0 unspecified atom stereocenters. The van der Waals surface area contributed by atoms with Crippen LogP contribution in [-0.2, 0) is 0 Å². The molecular weight excluding hydrogens is 296 g/mol. The Morgan fingerprint density at radius 3 is 2.50 bits per heavy atom. The molecule has 0 spiro atoms. The Morgan fingerprint density at radius 1 is 1.00 bits per heavy atom. The maximum Gasteiger partial charge on any atom is 0.222 e. The lowest BCUT2D eigenvalue weighted by atomic mass is 9.90. The van der Waals surface area contributed by atoms with Crippen LogP contribution in [0.25, 0.3) is 0 Å². The Labute approximate surface area is 142 Å². The molecule has 0 saturated heterocycles. The van der Waals surface area contributed by atoms with Gasteiger partial charge < -0.3 is 5.32 Å². The fourth-order valence-corrected chi connectivity index (χ4v) is 3.60. The quantitative estimate of drug-likeness (QED) is 0.764. The SMILES string of the molecule is Cc1ccc([C@@H]2C[C@@H](c3ccc(C)cc3C)n3ncnc3N2)cc1. The van der Waals surface area contributed by atoms with Crippen LogP contribution in [0, 0.1) is 20.8 Å². The van der Waals surface area contributed by atoms with Crippen LogP contribution >= 0.6 is 0 Å². The number of anilines is 1. The van der Waals surface area contributed by atoms with E-state index < -0.39 is 0 Å². The summed E-state index contributed by atoms with van der Waals surface area (Å²) in [7, 11) is 0. The molecular formula is C20H22N4. The van der Waals surface area contributed by atoms with Crippen LogP contribution in [0.5, 0.6) is 0 Å². The van der Waals surface area contributed by atoms with Crippen molar-refractivity contribution in [2.45, 2.75) is 39.3 Å². The molecule has 2 heterocycles. The standard InChI is InChI=1S/C20H22N4/c1-13-4-7-16(8-5-13)18-11-19(24-20(23-18)21-12-22-24)17-9-6-14(2)10-15(17)3/h4-10,12,18-19H,11H2,1-3H3,(H,21,22,23)/t18-,19-/m0/s1. The Bertz CT molecular complexity index is 864. The van der Waals surface area contributed by atoms with Crippen molar-refractivity contribution in [1.29, 1.82) is 0 Å². The van der Waals surface area contributed by atoms with Gasteiger partial charge in [0, 0.05) is 0 Å². The van der Waals surface area contributed by atoms with Crippen LogP contribution in [0.15, 0.2) is 48.8 Å². The highest BCUT2D eigenvalue weighted by atomic mass is 15.4. The molecule has 0 radical (unpaired) electrons. The molecule has 2 aromatic carbocycles. The number of rotatable bonds is 2. The molecule has 1 aliphatic heterocycles. The third-order valence-electron chi connectivity index (χ3n) is 4.89. The second-order valence-electron chi connectivity index (χ2n) is 6.75. The lowest BCUT2D eigenvalue weighted by Gasteiger charge is -2.32. The monoisotopic (exact) mass is 318 g/mol. The minimum Gasteiger partial charge on any atom is -0.348 e. The minimum atomic E-state index is 0.204. The van der Waals surface area contributed by atoms with Gasteiger partial charge in [-0.3, -0.25) is 0 Å². The number of aryl methyl sites for hydroxylation is 3. The molecule has 1 aliphatic rings. The maximum atomic E-state index is 4.46. The number of benzene rings is 2. The van der Waals surface area contributed by atoms with Gasteiger partial charge in [-0.05, 0) is 43.9 Å². The van der Waals surface area contributed by atoms with Crippen LogP contribution in [0.2, 0.25) is 0 Å². The molecule has 0 bridgehead atoms. The number of aromatic nitrogens is 3. The summed E-state index contributed by atoms with van der Waals surface area (Å²) in [6, 6.07) is 15.9. The Hall–Kier alpha value is -2.62. The van der Waals surface area contributed by atoms with Gasteiger partial charge in [-0.25, -0.2) is 4.68 Å². The number of nitrogens with zero attached hydrogens (tertiary/aromatic N) is 3. The molecule has 4 nitrogen and oxygen atoms in total. The molecule has 1 aromatic heterocycles. The van der Waals surface area contributed by atoms with Crippen LogP contribution in [0.3, 0.4) is 0 Å². The highest BCUT2D eigenvalue weighted by molar-refractivity contribution is 5.41. The average molecular weight is 318 g/mol. The van der Waals surface area contributed by atoms with Crippen molar-refractivity contribution >= 4 is 5.95 Å². The number of fused-ring (bicyclic) bond motifs is 1.